The lowest BCUT2D eigenvalue weighted by molar-refractivity contribution is 0.541. The molecule has 30 heavy (non-hydrogen) atoms. The number of nitrogens with two attached hydrogens (primary N) is 1. The third kappa shape index (κ3) is 3.07. The highest BCUT2D eigenvalue weighted by Crippen LogP contribution is 2.34. The summed E-state index contributed by atoms with van der Waals surface area (Å²) in [5, 5.41) is -0.702. The smallest absolute Gasteiger partial charge is 0.244 e. The Balaban J connectivity index is 1.84. The Morgan fingerprint density at radius 1 is 1.13 bits per heavy atom. The number of aromatic nitrogens is 2. The van der Waals surface area contributed by atoms with E-state index in [4.69, 9.17) is 5.73 Å². The Hall–Kier alpha value is -3.14. The molecule has 0 aliphatic carbocycles. The fourth-order valence-corrected chi connectivity index (χ4v) is 4.43. The maximum atomic E-state index is 14.2. The molecule has 3 aromatic rings. The SMILES string of the molecule is CC(C)S(=O)(=O)n1c(N)nc2ccc(C3(C)N=CC(c4ccc(F)cc4F)=N3)cc21. The van der Waals surface area contributed by atoms with Gasteiger partial charge in [0.2, 0.25) is 16.0 Å². The van der Waals surface area contributed by atoms with Crippen molar-refractivity contribution in [3.05, 3.63) is 59.2 Å². The predicted octanol–water partition coefficient (Wildman–Crippen LogP) is 3.23. The van der Waals surface area contributed by atoms with Crippen molar-refractivity contribution >= 4 is 38.9 Å². The molecule has 0 radical (unpaired) electrons. The molecule has 2 aromatic carbocycles. The van der Waals surface area contributed by atoms with Crippen molar-refractivity contribution in [1.29, 1.82) is 0 Å². The first kappa shape index (κ1) is 20.1. The molecule has 1 aliphatic heterocycles. The van der Waals surface area contributed by atoms with Crippen molar-refractivity contribution in [2.75, 3.05) is 5.73 Å². The van der Waals surface area contributed by atoms with E-state index in [1.165, 1.54) is 12.3 Å². The zero-order valence-electron chi connectivity index (χ0n) is 16.5. The highest BCUT2D eigenvalue weighted by atomic mass is 32.2. The second kappa shape index (κ2) is 6.69. The highest BCUT2D eigenvalue weighted by Gasteiger charge is 2.32. The largest absolute Gasteiger partial charge is 0.368 e. The summed E-state index contributed by atoms with van der Waals surface area (Å²) < 4.78 is 53.9. The molecule has 0 amide bonds. The van der Waals surface area contributed by atoms with Crippen LogP contribution >= 0.6 is 0 Å². The zero-order valence-corrected chi connectivity index (χ0v) is 17.3. The van der Waals surface area contributed by atoms with Gasteiger partial charge in [0.1, 0.15) is 11.6 Å². The van der Waals surface area contributed by atoms with Gasteiger partial charge >= 0.3 is 0 Å². The number of aliphatic imine (C=N–C) groups is 2. The summed E-state index contributed by atoms with van der Waals surface area (Å²) in [4.78, 5) is 13.1. The second-order valence-corrected chi connectivity index (χ2v) is 9.77. The molecule has 0 spiro atoms. The van der Waals surface area contributed by atoms with E-state index in [-0.39, 0.29) is 17.2 Å². The number of benzene rings is 2. The lowest BCUT2D eigenvalue weighted by Gasteiger charge is -2.19. The molecule has 10 heteroatoms. The van der Waals surface area contributed by atoms with Crippen LogP contribution in [0.4, 0.5) is 14.7 Å². The minimum absolute atomic E-state index is 0.127. The third-order valence-corrected chi connectivity index (χ3v) is 7.10. The molecule has 0 fully saturated rings. The minimum atomic E-state index is -3.74. The summed E-state index contributed by atoms with van der Waals surface area (Å²) in [6.07, 6.45) is 1.41. The van der Waals surface area contributed by atoms with Gasteiger partial charge in [-0.3, -0.25) is 4.99 Å². The lowest BCUT2D eigenvalue weighted by Crippen LogP contribution is -2.24. The number of hydrogen-bond acceptors (Lipinski definition) is 6. The van der Waals surface area contributed by atoms with E-state index in [1.807, 2.05) is 0 Å². The molecule has 1 aromatic heterocycles. The van der Waals surface area contributed by atoms with Crippen molar-refractivity contribution in [2.45, 2.75) is 31.7 Å². The Bertz CT molecular complexity index is 1340. The van der Waals surface area contributed by atoms with Gasteiger partial charge in [0, 0.05) is 17.2 Å². The topological polar surface area (TPSA) is 103 Å². The normalized spacial score (nSPS) is 19.1. The first-order valence-corrected chi connectivity index (χ1v) is 10.7. The number of nitrogen functional groups attached to an aromatic ring is 1. The van der Waals surface area contributed by atoms with Crippen molar-refractivity contribution in [1.82, 2.24) is 8.96 Å². The fourth-order valence-electron chi connectivity index (χ4n) is 3.29. The number of fused-ring (bicyclic) bond motifs is 1. The van der Waals surface area contributed by atoms with Crippen molar-refractivity contribution in [2.24, 2.45) is 9.98 Å². The van der Waals surface area contributed by atoms with Crippen LogP contribution in [0.2, 0.25) is 0 Å². The molecule has 4 rings (SSSR count). The molecule has 1 unspecified atom stereocenters. The fraction of sp³-hybridized carbons (Fsp3) is 0.250. The Morgan fingerprint density at radius 2 is 1.87 bits per heavy atom. The van der Waals surface area contributed by atoms with Crippen LogP contribution in [0.15, 0.2) is 46.4 Å². The maximum Gasteiger partial charge on any atom is 0.244 e. The lowest BCUT2D eigenvalue weighted by atomic mass is 10.0. The van der Waals surface area contributed by atoms with Gasteiger partial charge in [0.15, 0.2) is 5.66 Å². The van der Waals surface area contributed by atoms with Gasteiger partial charge in [-0.05, 0) is 45.0 Å². The molecule has 7 nitrogen and oxygen atoms in total. The van der Waals surface area contributed by atoms with Crippen LogP contribution in [0.1, 0.15) is 31.9 Å². The molecular weight excluding hydrogens is 412 g/mol. The van der Waals surface area contributed by atoms with E-state index in [0.29, 0.717) is 16.6 Å². The van der Waals surface area contributed by atoms with Gasteiger partial charge in [0.05, 0.1) is 28.2 Å². The van der Waals surface area contributed by atoms with E-state index in [1.54, 1.807) is 39.0 Å². The molecule has 2 N–H and O–H groups in total. The summed E-state index contributed by atoms with van der Waals surface area (Å²) in [5.41, 5.74) is 6.46. The van der Waals surface area contributed by atoms with Crippen LogP contribution in [-0.4, -0.2) is 34.6 Å². The van der Waals surface area contributed by atoms with Crippen LogP contribution in [0, 0.1) is 11.6 Å². The zero-order chi connectivity index (χ0) is 21.8. The van der Waals surface area contributed by atoms with Crippen molar-refractivity contribution < 1.29 is 17.2 Å². The van der Waals surface area contributed by atoms with E-state index in [2.05, 4.69) is 15.0 Å². The van der Waals surface area contributed by atoms with Crippen LogP contribution in [0.25, 0.3) is 11.0 Å². The number of anilines is 1. The van der Waals surface area contributed by atoms with Gasteiger partial charge in [-0.15, -0.1) is 0 Å². The quantitative estimate of drug-likeness (QED) is 0.685. The molecule has 0 saturated heterocycles. The van der Waals surface area contributed by atoms with Crippen LogP contribution in [0.3, 0.4) is 0 Å². The third-order valence-electron chi connectivity index (χ3n) is 5.02. The molecular formula is C20H19F2N5O2S. The number of rotatable bonds is 4. The number of halogens is 2. The molecule has 0 saturated carbocycles. The average molecular weight is 431 g/mol. The molecule has 1 aliphatic rings. The predicted molar refractivity (Wildman–Crippen MR) is 112 cm³/mol. The molecule has 2 heterocycles. The maximum absolute atomic E-state index is 14.2. The highest BCUT2D eigenvalue weighted by molar-refractivity contribution is 7.90. The number of imidazole rings is 1. The Labute approximate surface area is 172 Å². The van der Waals surface area contributed by atoms with Crippen LogP contribution in [0.5, 0.6) is 0 Å². The Morgan fingerprint density at radius 3 is 2.53 bits per heavy atom. The summed E-state index contributed by atoms with van der Waals surface area (Å²) in [6.45, 7) is 4.82. The van der Waals surface area contributed by atoms with Gasteiger partial charge in [-0.1, -0.05) is 6.07 Å². The summed E-state index contributed by atoms with van der Waals surface area (Å²) in [7, 11) is -3.74. The monoisotopic (exact) mass is 431 g/mol. The van der Waals surface area contributed by atoms with Crippen molar-refractivity contribution in [3.8, 4) is 0 Å². The standard InChI is InChI=1S/C20H19F2N5O2S/c1-11(2)30(28,29)27-18-8-12(4-7-16(18)25-19(27)23)20(3)24-10-17(26-20)14-6-5-13(21)9-15(14)22/h4-11H,1-3H3,(H2,23,25). The minimum Gasteiger partial charge on any atom is -0.368 e. The molecule has 156 valence electrons. The van der Waals surface area contributed by atoms with Crippen LogP contribution < -0.4 is 5.73 Å². The second-order valence-electron chi connectivity index (χ2n) is 7.43. The van der Waals surface area contributed by atoms with Gasteiger partial charge in [-0.25, -0.2) is 31.1 Å². The molecule has 1 atom stereocenters. The van der Waals surface area contributed by atoms with E-state index >= 15 is 0 Å². The van der Waals surface area contributed by atoms with E-state index in [0.717, 1.165) is 16.1 Å². The number of hydrogen-bond donors (Lipinski definition) is 1. The first-order chi connectivity index (χ1) is 14.0. The molecule has 0 bridgehead atoms. The summed E-state index contributed by atoms with van der Waals surface area (Å²) in [5.74, 6) is -1.56. The summed E-state index contributed by atoms with van der Waals surface area (Å²) in [6, 6.07) is 8.20. The van der Waals surface area contributed by atoms with Crippen LogP contribution in [-0.2, 0) is 15.7 Å². The van der Waals surface area contributed by atoms with Crippen molar-refractivity contribution in [3.63, 3.8) is 0 Å². The first-order valence-electron chi connectivity index (χ1n) is 9.16. The van der Waals surface area contributed by atoms with Gasteiger partial charge in [0.25, 0.3) is 0 Å². The van der Waals surface area contributed by atoms with Gasteiger partial charge < -0.3 is 5.73 Å². The Kier molecular flexibility index (Phi) is 4.50. The summed E-state index contributed by atoms with van der Waals surface area (Å²) >= 11 is 0. The number of nitrogens with zero attached hydrogens (tertiary/aromatic N) is 4. The van der Waals surface area contributed by atoms with E-state index in [9.17, 15) is 17.2 Å². The van der Waals surface area contributed by atoms with Gasteiger partial charge in [-0.2, -0.15) is 0 Å². The average Bonchev–Trinajstić information content (AvgIpc) is 3.21. The van der Waals surface area contributed by atoms with E-state index < -0.39 is 32.6 Å².